The van der Waals surface area contributed by atoms with Crippen LogP contribution in [0.3, 0.4) is 0 Å². The normalized spacial score (nSPS) is 11.2. The zero-order valence-corrected chi connectivity index (χ0v) is 19.9. The van der Waals surface area contributed by atoms with Crippen molar-refractivity contribution in [3.05, 3.63) is 53.3 Å². The van der Waals surface area contributed by atoms with Crippen LogP contribution in [0.15, 0.2) is 40.8 Å². The molecule has 4 aromatic rings. The van der Waals surface area contributed by atoms with E-state index in [9.17, 15) is 4.79 Å². The van der Waals surface area contributed by atoms with Gasteiger partial charge in [0.1, 0.15) is 0 Å². The maximum atomic E-state index is 13.5. The first-order valence-corrected chi connectivity index (χ1v) is 10.6. The molecule has 164 valence electrons. The number of carbonyl (C=O) groups excluding carboxylic acids is 1. The largest absolute Gasteiger partial charge is 0.493 e. The number of methoxy groups -OCH3 is 1. The second-order valence-corrected chi connectivity index (χ2v) is 8.68. The maximum Gasteiger partial charge on any atom is 0.295 e. The number of para-hydroxylation sites is 1. The summed E-state index contributed by atoms with van der Waals surface area (Å²) in [5.41, 5.74) is 3.81. The zero-order chi connectivity index (χ0) is 21.4. The maximum absolute atomic E-state index is 13.5. The topological polar surface area (TPSA) is 58.8 Å². The highest BCUT2D eigenvalue weighted by Gasteiger charge is 2.25. The monoisotopic (exact) mass is 459 g/mol. The van der Waals surface area contributed by atoms with Gasteiger partial charge in [-0.2, -0.15) is 0 Å². The van der Waals surface area contributed by atoms with Crippen LogP contribution < -0.4 is 9.64 Å². The second-order valence-electron chi connectivity index (χ2n) is 7.67. The number of anilines is 1. The highest BCUT2D eigenvalue weighted by molar-refractivity contribution is 7.22. The molecule has 0 spiro atoms. The lowest BCUT2D eigenvalue weighted by molar-refractivity contribution is 0.0960. The Morgan fingerprint density at radius 3 is 2.65 bits per heavy atom. The molecule has 1 amide bonds. The number of aryl methyl sites for hydroxylation is 2. The molecule has 0 radical (unpaired) electrons. The van der Waals surface area contributed by atoms with Gasteiger partial charge in [-0.3, -0.25) is 9.69 Å². The molecule has 0 aliphatic heterocycles. The number of benzene rings is 2. The smallest absolute Gasteiger partial charge is 0.295 e. The Labute approximate surface area is 191 Å². The lowest BCUT2D eigenvalue weighted by atomic mass is 10.1. The Bertz CT molecular complexity index is 1230. The molecule has 2 aromatic heterocycles. The van der Waals surface area contributed by atoms with Gasteiger partial charge in [0, 0.05) is 18.5 Å². The molecule has 0 aliphatic carbocycles. The van der Waals surface area contributed by atoms with E-state index < -0.39 is 0 Å². The van der Waals surface area contributed by atoms with Gasteiger partial charge >= 0.3 is 0 Å². The van der Waals surface area contributed by atoms with Crippen LogP contribution in [-0.2, 0) is 0 Å². The number of fused-ring (bicyclic) bond motifs is 2. The van der Waals surface area contributed by atoms with Crippen LogP contribution in [0.1, 0.15) is 21.7 Å². The van der Waals surface area contributed by atoms with E-state index in [2.05, 4.69) is 26.0 Å². The number of furan rings is 1. The average Bonchev–Trinajstić information content (AvgIpc) is 3.31. The summed E-state index contributed by atoms with van der Waals surface area (Å²) >= 11 is 1.53. The summed E-state index contributed by atoms with van der Waals surface area (Å²) in [7, 11) is 5.56. The molecule has 2 aromatic carbocycles. The molecule has 0 bridgehead atoms. The van der Waals surface area contributed by atoms with Crippen molar-refractivity contribution in [3.8, 4) is 5.75 Å². The fourth-order valence-corrected chi connectivity index (χ4v) is 4.66. The highest BCUT2D eigenvalue weighted by atomic mass is 35.5. The zero-order valence-electron chi connectivity index (χ0n) is 18.3. The predicted molar refractivity (Wildman–Crippen MR) is 129 cm³/mol. The number of carbonyl (C=O) groups is 1. The van der Waals surface area contributed by atoms with E-state index in [1.165, 1.54) is 16.9 Å². The highest BCUT2D eigenvalue weighted by Crippen LogP contribution is 2.34. The number of hydrogen-bond donors (Lipinski definition) is 0. The van der Waals surface area contributed by atoms with Crippen molar-refractivity contribution in [2.75, 3.05) is 39.2 Å². The van der Waals surface area contributed by atoms with Crippen molar-refractivity contribution in [3.63, 3.8) is 0 Å². The van der Waals surface area contributed by atoms with E-state index in [0.29, 0.717) is 29.6 Å². The number of aromatic nitrogens is 1. The van der Waals surface area contributed by atoms with E-state index in [1.807, 2.05) is 37.2 Å². The van der Waals surface area contributed by atoms with Crippen molar-refractivity contribution < 1.29 is 13.9 Å². The third-order valence-electron chi connectivity index (χ3n) is 5.00. The SMILES string of the molecule is COc1cccc2cc(C(=O)N(CCN(C)C)c3nc4c(C)cc(C)cc4s3)oc12.Cl. The van der Waals surface area contributed by atoms with Gasteiger partial charge < -0.3 is 14.1 Å². The van der Waals surface area contributed by atoms with Crippen molar-refractivity contribution >= 4 is 56.0 Å². The summed E-state index contributed by atoms with van der Waals surface area (Å²) in [5.74, 6) is 0.682. The molecule has 0 unspecified atom stereocenters. The van der Waals surface area contributed by atoms with Crippen molar-refractivity contribution in [1.29, 1.82) is 0 Å². The Morgan fingerprint density at radius 1 is 1.16 bits per heavy atom. The number of thiazole rings is 1. The van der Waals surface area contributed by atoms with Gasteiger partial charge in [-0.1, -0.05) is 29.5 Å². The quantitative estimate of drug-likeness (QED) is 0.391. The fourth-order valence-electron chi connectivity index (χ4n) is 3.49. The van der Waals surface area contributed by atoms with Crippen molar-refractivity contribution in [2.24, 2.45) is 0 Å². The fraction of sp³-hybridized carbons (Fsp3) is 0.304. The van der Waals surface area contributed by atoms with Crippen LogP contribution in [0.2, 0.25) is 0 Å². The van der Waals surface area contributed by atoms with Crippen molar-refractivity contribution in [1.82, 2.24) is 9.88 Å². The molecule has 8 heteroatoms. The Balaban J connectivity index is 0.00000272. The second kappa shape index (κ2) is 9.26. The lowest BCUT2D eigenvalue weighted by Gasteiger charge is -2.20. The Morgan fingerprint density at radius 2 is 1.94 bits per heavy atom. The van der Waals surface area contributed by atoms with Gasteiger partial charge in [0.2, 0.25) is 0 Å². The molecule has 0 saturated carbocycles. The summed E-state index contributed by atoms with van der Waals surface area (Å²) in [6.45, 7) is 5.35. The Kier molecular flexibility index (Phi) is 6.89. The first kappa shape index (κ1) is 23.1. The molecular weight excluding hydrogens is 434 g/mol. The molecule has 6 nitrogen and oxygen atoms in total. The number of hydrogen-bond acceptors (Lipinski definition) is 6. The Hall–Kier alpha value is -2.61. The molecule has 2 heterocycles. The third kappa shape index (κ3) is 4.54. The molecule has 0 fully saturated rings. The standard InChI is InChI=1S/C23H25N3O3S.ClH/c1-14-11-15(2)20-19(12-14)30-23(24-20)26(10-9-25(3)4)22(27)18-13-16-7-6-8-17(28-5)21(16)29-18;/h6-8,11-13H,9-10H2,1-5H3;1H. The number of halogens is 1. The number of amides is 1. The molecule has 0 atom stereocenters. The number of rotatable bonds is 6. The minimum Gasteiger partial charge on any atom is -0.493 e. The molecular formula is C23H26ClN3O3S. The van der Waals surface area contributed by atoms with Crippen molar-refractivity contribution in [2.45, 2.75) is 13.8 Å². The van der Waals surface area contributed by atoms with Gasteiger partial charge in [0.15, 0.2) is 22.2 Å². The summed E-state index contributed by atoms with van der Waals surface area (Å²) in [6.07, 6.45) is 0. The van der Waals surface area contributed by atoms with E-state index in [4.69, 9.17) is 14.1 Å². The van der Waals surface area contributed by atoms with Crippen LogP contribution in [0.5, 0.6) is 5.75 Å². The van der Waals surface area contributed by atoms with Crippen LogP contribution in [0.4, 0.5) is 5.13 Å². The van der Waals surface area contributed by atoms with Gasteiger partial charge in [-0.25, -0.2) is 4.98 Å². The lowest BCUT2D eigenvalue weighted by Crippen LogP contribution is -2.36. The van der Waals surface area contributed by atoms with Crippen LogP contribution in [-0.4, -0.2) is 50.1 Å². The summed E-state index contributed by atoms with van der Waals surface area (Å²) in [4.78, 5) is 22.1. The van der Waals surface area contributed by atoms with Crippen LogP contribution >= 0.6 is 23.7 Å². The average molecular weight is 460 g/mol. The van der Waals surface area contributed by atoms with Gasteiger partial charge in [0.25, 0.3) is 5.91 Å². The third-order valence-corrected chi connectivity index (χ3v) is 6.03. The minimum absolute atomic E-state index is 0. The number of likely N-dealkylation sites (N-methyl/N-ethyl adjacent to an activating group) is 1. The van der Waals surface area contributed by atoms with E-state index >= 15 is 0 Å². The molecule has 4 rings (SSSR count). The van der Waals surface area contributed by atoms with Crippen LogP contribution in [0.25, 0.3) is 21.2 Å². The van der Waals surface area contributed by atoms with E-state index in [0.717, 1.165) is 21.2 Å². The van der Waals surface area contributed by atoms with Gasteiger partial charge in [-0.05, 0) is 57.3 Å². The van der Waals surface area contributed by atoms with Crippen LogP contribution in [0, 0.1) is 13.8 Å². The summed E-state index contributed by atoms with van der Waals surface area (Å²) in [5, 5.41) is 1.51. The molecule has 0 saturated heterocycles. The predicted octanol–water partition coefficient (Wildman–Crippen LogP) is 5.30. The first-order chi connectivity index (χ1) is 14.4. The first-order valence-electron chi connectivity index (χ1n) is 9.78. The summed E-state index contributed by atoms with van der Waals surface area (Å²) in [6, 6.07) is 11.6. The molecule has 0 N–H and O–H groups in total. The van der Waals surface area contributed by atoms with E-state index in [-0.39, 0.29) is 24.1 Å². The minimum atomic E-state index is -0.205. The molecule has 0 aliphatic rings. The number of ether oxygens (including phenoxy) is 1. The molecule has 31 heavy (non-hydrogen) atoms. The van der Waals surface area contributed by atoms with E-state index in [1.54, 1.807) is 18.1 Å². The summed E-state index contributed by atoms with van der Waals surface area (Å²) < 4.78 is 12.4. The van der Waals surface area contributed by atoms with Gasteiger partial charge in [0.05, 0.1) is 17.3 Å². The van der Waals surface area contributed by atoms with Gasteiger partial charge in [-0.15, -0.1) is 12.4 Å². The number of nitrogens with zero attached hydrogens (tertiary/aromatic N) is 3.